The van der Waals surface area contributed by atoms with Crippen molar-refractivity contribution >= 4 is 23.1 Å². The van der Waals surface area contributed by atoms with Crippen LogP contribution in [0.5, 0.6) is 0 Å². The molecule has 4 rings (SSSR count). The van der Waals surface area contributed by atoms with E-state index in [1.165, 1.54) is 24.8 Å². The monoisotopic (exact) mass is 363 g/mol. The molecule has 1 aliphatic heterocycles. The molecular weight excluding hydrogens is 342 g/mol. The molecule has 132 valence electrons. The van der Waals surface area contributed by atoms with E-state index in [-0.39, 0.29) is 5.41 Å². The standard InChI is InChI=1S/C22H22ClN3/c23-19-9-4-6-16(12-19)15-25-21-22(10-2-1-3-11-22)13-17-7-5-8-18(14-24)20(17)26-21/h4-9,12H,1-3,10-11,13,15H2,(H,25,26). The van der Waals surface area contributed by atoms with E-state index < -0.39 is 0 Å². The SMILES string of the molecule is N#Cc1cccc2c1NC(=NCc1cccc(Cl)c1)C1(CCCCC1)C2. The van der Waals surface area contributed by atoms with E-state index in [9.17, 15) is 5.26 Å². The van der Waals surface area contributed by atoms with Crippen molar-refractivity contribution in [2.45, 2.75) is 45.1 Å². The molecule has 0 amide bonds. The van der Waals surface area contributed by atoms with Crippen molar-refractivity contribution in [3.05, 3.63) is 64.2 Å². The van der Waals surface area contributed by atoms with Gasteiger partial charge >= 0.3 is 0 Å². The molecule has 2 aromatic rings. The van der Waals surface area contributed by atoms with Crippen molar-refractivity contribution in [1.82, 2.24) is 0 Å². The number of amidine groups is 1. The average Bonchev–Trinajstić information content (AvgIpc) is 2.66. The highest BCUT2D eigenvalue weighted by atomic mass is 35.5. The number of halogens is 1. The lowest BCUT2D eigenvalue weighted by atomic mass is 9.67. The highest BCUT2D eigenvalue weighted by Gasteiger charge is 2.41. The first-order chi connectivity index (χ1) is 12.7. The Bertz CT molecular complexity index is 889. The van der Waals surface area contributed by atoms with Gasteiger partial charge in [-0.3, -0.25) is 4.99 Å². The molecule has 2 aromatic carbocycles. The van der Waals surface area contributed by atoms with Gasteiger partial charge < -0.3 is 5.32 Å². The molecule has 1 spiro atoms. The van der Waals surface area contributed by atoms with Gasteiger partial charge in [-0.25, -0.2) is 0 Å². The van der Waals surface area contributed by atoms with Crippen LogP contribution in [-0.2, 0) is 13.0 Å². The summed E-state index contributed by atoms with van der Waals surface area (Å²) in [4.78, 5) is 4.98. The third-order valence-electron chi connectivity index (χ3n) is 5.67. The van der Waals surface area contributed by atoms with Gasteiger partial charge in [0.1, 0.15) is 11.9 Å². The number of benzene rings is 2. The van der Waals surface area contributed by atoms with Gasteiger partial charge in [0.2, 0.25) is 0 Å². The Labute approximate surface area is 159 Å². The maximum atomic E-state index is 9.48. The van der Waals surface area contributed by atoms with Gasteiger partial charge in [0.25, 0.3) is 0 Å². The second kappa shape index (κ2) is 7.13. The summed E-state index contributed by atoms with van der Waals surface area (Å²) in [5, 5.41) is 13.8. The maximum Gasteiger partial charge on any atom is 0.108 e. The molecule has 1 N–H and O–H groups in total. The number of rotatable bonds is 2. The lowest BCUT2D eigenvalue weighted by Crippen LogP contribution is -2.43. The van der Waals surface area contributed by atoms with Gasteiger partial charge in [0, 0.05) is 10.4 Å². The zero-order chi connectivity index (χ0) is 18.0. The molecule has 1 fully saturated rings. The van der Waals surface area contributed by atoms with E-state index in [1.54, 1.807) is 0 Å². The molecular formula is C22H22ClN3. The van der Waals surface area contributed by atoms with Gasteiger partial charge in [-0.1, -0.05) is 55.1 Å². The zero-order valence-electron chi connectivity index (χ0n) is 14.8. The average molecular weight is 364 g/mol. The van der Waals surface area contributed by atoms with Crippen molar-refractivity contribution in [3.8, 4) is 6.07 Å². The van der Waals surface area contributed by atoms with Crippen molar-refractivity contribution in [3.63, 3.8) is 0 Å². The summed E-state index contributed by atoms with van der Waals surface area (Å²) in [6.07, 6.45) is 7.07. The fourth-order valence-corrected chi connectivity index (χ4v) is 4.56. The van der Waals surface area contributed by atoms with Crippen LogP contribution in [0.4, 0.5) is 5.69 Å². The van der Waals surface area contributed by atoms with Gasteiger partial charge in [-0.15, -0.1) is 0 Å². The third kappa shape index (κ3) is 3.22. The Hall–Kier alpha value is -2.31. The first kappa shape index (κ1) is 17.1. The molecule has 0 aromatic heterocycles. The van der Waals surface area contributed by atoms with Crippen molar-refractivity contribution < 1.29 is 0 Å². The van der Waals surface area contributed by atoms with Crippen LogP contribution >= 0.6 is 11.6 Å². The van der Waals surface area contributed by atoms with Crippen LogP contribution < -0.4 is 5.32 Å². The Morgan fingerprint density at radius 2 is 1.92 bits per heavy atom. The Morgan fingerprint density at radius 3 is 2.69 bits per heavy atom. The minimum atomic E-state index is 0.0813. The first-order valence-corrected chi connectivity index (χ1v) is 9.66. The first-order valence-electron chi connectivity index (χ1n) is 9.29. The fourth-order valence-electron chi connectivity index (χ4n) is 4.34. The molecule has 1 saturated carbocycles. The molecule has 0 unspecified atom stereocenters. The molecule has 1 aliphatic carbocycles. The molecule has 0 atom stereocenters. The van der Waals surface area contributed by atoms with Gasteiger partial charge in [0.15, 0.2) is 0 Å². The van der Waals surface area contributed by atoms with E-state index >= 15 is 0 Å². The highest BCUT2D eigenvalue weighted by molar-refractivity contribution is 6.30. The number of hydrogen-bond acceptors (Lipinski definition) is 2. The van der Waals surface area contributed by atoms with E-state index in [4.69, 9.17) is 16.6 Å². The van der Waals surface area contributed by atoms with Gasteiger partial charge in [-0.2, -0.15) is 5.26 Å². The minimum absolute atomic E-state index is 0.0813. The topological polar surface area (TPSA) is 48.2 Å². The number of fused-ring (bicyclic) bond motifs is 1. The Balaban J connectivity index is 1.72. The number of nitrogens with one attached hydrogen (secondary N) is 1. The van der Waals surface area contributed by atoms with Gasteiger partial charge in [0.05, 0.1) is 17.8 Å². The molecule has 2 aliphatic rings. The van der Waals surface area contributed by atoms with E-state index in [0.717, 1.165) is 41.4 Å². The van der Waals surface area contributed by atoms with E-state index in [1.807, 2.05) is 30.3 Å². The molecule has 1 heterocycles. The van der Waals surface area contributed by atoms with Gasteiger partial charge in [-0.05, 0) is 48.6 Å². The number of para-hydroxylation sites is 1. The fraction of sp³-hybridized carbons (Fsp3) is 0.364. The predicted octanol–water partition coefficient (Wildman–Crippen LogP) is 5.73. The number of aliphatic imine (C=N–C) groups is 1. The summed E-state index contributed by atoms with van der Waals surface area (Å²) < 4.78 is 0. The Morgan fingerprint density at radius 1 is 1.12 bits per heavy atom. The largest absolute Gasteiger partial charge is 0.342 e. The minimum Gasteiger partial charge on any atom is -0.342 e. The second-order valence-electron chi connectivity index (χ2n) is 7.39. The third-order valence-corrected chi connectivity index (χ3v) is 5.90. The summed E-state index contributed by atoms with van der Waals surface area (Å²) in [6.45, 7) is 0.606. The van der Waals surface area contributed by atoms with Crippen LogP contribution in [0.25, 0.3) is 0 Å². The van der Waals surface area contributed by atoms with Crippen molar-refractivity contribution in [1.29, 1.82) is 5.26 Å². The summed E-state index contributed by atoms with van der Waals surface area (Å²) in [5.41, 5.74) is 4.07. The number of nitriles is 1. The lowest BCUT2D eigenvalue weighted by molar-refractivity contribution is 0.278. The summed E-state index contributed by atoms with van der Waals surface area (Å²) >= 11 is 6.11. The van der Waals surface area contributed by atoms with Crippen LogP contribution in [0, 0.1) is 16.7 Å². The molecule has 26 heavy (non-hydrogen) atoms. The quantitative estimate of drug-likeness (QED) is 0.740. The number of anilines is 1. The zero-order valence-corrected chi connectivity index (χ0v) is 15.5. The number of hydrogen-bond donors (Lipinski definition) is 1. The highest BCUT2D eigenvalue weighted by Crippen LogP contribution is 2.45. The molecule has 4 heteroatoms. The summed E-state index contributed by atoms with van der Waals surface area (Å²) in [6, 6.07) is 16.2. The molecule has 0 radical (unpaired) electrons. The van der Waals surface area contributed by atoms with Crippen LogP contribution in [0.3, 0.4) is 0 Å². The normalized spacial score (nSPS) is 19.6. The summed E-state index contributed by atoms with van der Waals surface area (Å²) in [7, 11) is 0. The smallest absolute Gasteiger partial charge is 0.108 e. The summed E-state index contributed by atoms with van der Waals surface area (Å²) in [5.74, 6) is 1.05. The lowest BCUT2D eigenvalue weighted by Gasteiger charge is -2.43. The van der Waals surface area contributed by atoms with Crippen molar-refractivity contribution in [2.75, 3.05) is 5.32 Å². The van der Waals surface area contributed by atoms with Crippen molar-refractivity contribution in [2.24, 2.45) is 10.4 Å². The van der Waals surface area contributed by atoms with Crippen LogP contribution in [-0.4, -0.2) is 5.84 Å². The van der Waals surface area contributed by atoms with E-state index in [2.05, 4.69) is 23.5 Å². The van der Waals surface area contributed by atoms with E-state index in [0.29, 0.717) is 12.1 Å². The predicted molar refractivity (Wildman–Crippen MR) is 107 cm³/mol. The second-order valence-corrected chi connectivity index (χ2v) is 7.83. The maximum absolute atomic E-state index is 9.48. The molecule has 0 saturated heterocycles. The van der Waals surface area contributed by atoms with Crippen LogP contribution in [0.2, 0.25) is 5.02 Å². The number of nitrogens with zero attached hydrogens (tertiary/aromatic N) is 2. The van der Waals surface area contributed by atoms with Crippen LogP contribution in [0.1, 0.15) is 48.8 Å². The Kier molecular flexibility index (Phi) is 4.70. The molecule has 3 nitrogen and oxygen atoms in total. The molecule has 0 bridgehead atoms. The van der Waals surface area contributed by atoms with Crippen LogP contribution in [0.15, 0.2) is 47.5 Å².